The van der Waals surface area contributed by atoms with E-state index in [1.54, 1.807) is 35.5 Å². The Morgan fingerprint density at radius 2 is 1.62 bits per heavy atom. The van der Waals surface area contributed by atoms with Crippen molar-refractivity contribution in [3.8, 4) is 0 Å². The first-order valence-corrected chi connectivity index (χ1v) is 10.5. The molecule has 0 spiro atoms. The van der Waals surface area contributed by atoms with E-state index < -0.39 is 10.0 Å². The van der Waals surface area contributed by atoms with Crippen LogP contribution in [0.25, 0.3) is 0 Å². The molecule has 4 nitrogen and oxygen atoms in total. The van der Waals surface area contributed by atoms with Gasteiger partial charge in [-0.15, -0.1) is 0 Å². The molecule has 0 bridgehead atoms. The van der Waals surface area contributed by atoms with Gasteiger partial charge in [-0.25, -0.2) is 8.42 Å². The van der Waals surface area contributed by atoms with Gasteiger partial charge in [0.1, 0.15) is 5.78 Å². The number of sulfonamides is 1. The van der Waals surface area contributed by atoms with Crippen molar-refractivity contribution in [3.05, 3.63) is 66.2 Å². The van der Waals surface area contributed by atoms with E-state index >= 15 is 0 Å². The van der Waals surface area contributed by atoms with Crippen LogP contribution in [0.5, 0.6) is 0 Å². The zero-order valence-electron chi connectivity index (χ0n) is 15.0. The van der Waals surface area contributed by atoms with Crippen molar-refractivity contribution < 1.29 is 13.2 Å². The maximum Gasteiger partial charge on any atom is 0.243 e. The SMILES string of the molecule is CC(=O)C[C@@H]1CCN(S(=O)(=O)c2ccccc2)C[C@@H]1Cc1ccccc1. The Morgan fingerprint density at radius 1 is 1.00 bits per heavy atom. The van der Waals surface area contributed by atoms with Crippen molar-refractivity contribution in [1.29, 1.82) is 0 Å². The molecule has 1 saturated heterocycles. The number of ketones is 1. The molecular weight excluding hydrogens is 346 g/mol. The van der Waals surface area contributed by atoms with Gasteiger partial charge in [0.05, 0.1) is 4.90 Å². The first-order valence-electron chi connectivity index (χ1n) is 9.05. The van der Waals surface area contributed by atoms with Gasteiger partial charge >= 0.3 is 0 Å². The van der Waals surface area contributed by atoms with Gasteiger partial charge in [-0.1, -0.05) is 48.5 Å². The predicted octanol–water partition coefficient (Wildman–Crippen LogP) is 3.54. The maximum absolute atomic E-state index is 13.0. The predicted molar refractivity (Wildman–Crippen MR) is 102 cm³/mol. The molecule has 1 aliphatic rings. The molecule has 1 heterocycles. The summed E-state index contributed by atoms with van der Waals surface area (Å²) in [6.07, 6.45) is 2.04. The van der Waals surface area contributed by atoms with Gasteiger partial charge < -0.3 is 4.79 Å². The third-order valence-electron chi connectivity index (χ3n) is 5.13. The molecule has 0 unspecified atom stereocenters. The number of Topliss-reactive ketones (excluding diaryl/α,β-unsaturated/α-hetero) is 1. The average Bonchev–Trinajstić information content (AvgIpc) is 2.64. The Balaban J connectivity index is 1.82. The Labute approximate surface area is 155 Å². The van der Waals surface area contributed by atoms with E-state index in [1.165, 1.54) is 5.56 Å². The van der Waals surface area contributed by atoms with Gasteiger partial charge in [-0.3, -0.25) is 0 Å². The second kappa shape index (κ2) is 8.14. The van der Waals surface area contributed by atoms with Crippen molar-refractivity contribution in [2.75, 3.05) is 13.1 Å². The molecule has 138 valence electrons. The lowest BCUT2D eigenvalue weighted by molar-refractivity contribution is -0.118. The summed E-state index contributed by atoms with van der Waals surface area (Å²) >= 11 is 0. The van der Waals surface area contributed by atoms with Gasteiger partial charge in [0, 0.05) is 19.5 Å². The van der Waals surface area contributed by atoms with Crippen LogP contribution >= 0.6 is 0 Å². The van der Waals surface area contributed by atoms with E-state index in [9.17, 15) is 13.2 Å². The van der Waals surface area contributed by atoms with Crippen LogP contribution in [0.2, 0.25) is 0 Å². The minimum absolute atomic E-state index is 0.147. The van der Waals surface area contributed by atoms with Gasteiger partial charge in [0.15, 0.2) is 0 Å². The minimum atomic E-state index is -3.49. The normalized spacial score (nSPS) is 21.4. The summed E-state index contributed by atoms with van der Waals surface area (Å²) in [5.74, 6) is 0.552. The van der Waals surface area contributed by atoms with E-state index in [2.05, 4.69) is 12.1 Å². The second-order valence-electron chi connectivity index (χ2n) is 7.08. The van der Waals surface area contributed by atoms with E-state index in [4.69, 9.17) is 0 Å². The highest BCUT2D eigenvalue weighted by Gasteiger charge is 2.35. The maximum atomic E-state index is 13.0. The zero-order valence-corrected chi connectivity index (χ0v) is 15.9. The third-order valence-corrected chi connectivity index (χ3v) is 7.00. The van der Waals surface area contributed by atoms with Gasteiger partial charge in [-0.2, -0.15) is 4.31 Å². The van der Waals surface area contributed by atoms with Crippen LogP contribution in [0, 0.1) is 11.8 Å². The molecule has 2 aromatic rings. The van der Waals surface area contributed by atoms with Gasteiger partial charge in [-0.05, 0) is 49.3 Å². The standard InChI is InChI=1S/C21H25NO3S/c1-17(23)14-19-12-13-22(26(24,25)21-10-6-3-7-11-21)16-20(19)15-18-8-4-2-5-9-18/h2-11,19-20H,12-16H2,1H3/t19-,20-/m0/s1. The Hall–Kier alpha value is -1.98. The van der Waals surface area contributed by atoms with Crippen LogP contribution in [0.3, 0.4) is 0 Å². The molecule has 5 heteroatoms. The lowest BCUT2D eigenvalue weighted by Gasteiger charge is -2.38. The van der Waals surface area contributed by atoms with E-state index in [-0.39, 0.29) is 17.6 Å². The van der Waals surface area contributed by atoms with Crippen LogP contribution in [0.1, 0.15) is 25.3 Å². The van der Waals surface area contributed by atoms with Crippen molar-refractivity contribution in [1.82, 2.24) is 4.31 Å². The molecule has 0 aliphatic carbocycles. The highest BCUT2D eigenvalue weighted by Crippen LogP contribution is 2.32. The second-order valence-corrected chi connectivity index (χ2v) is 9.02. The summed E-state index contributed by atoms with van der Waals surface area (Å²) in [6, 6.07) is 18.7. The molecule has 26 heavy (non-hydrogen) atoms. The number of hydrogen-bond donors (Lipinski definition) is 0. The topological polar surface area (TPSA) is 54.5 Å². The molecular formula is C21H25NO3S. The molecule has 0 amide bonds. The van der Waals surface area contributed by atoms with E-state index in [0.717, 1.165) is 12.8 Å². The number of rotatable bonds is 6. The summed E-state index contributed by atoms with van der Waals surface area (Å²) < 4.78 is 27.5. The lowest BCUT2D eigenvalue weighted by Crippen LogP contribution is -2.44. The van der Waals surface area contributed by atoms with Crippen LogP contribution in [-0.4, -0.2) is 31.6 Å². The number of hydrogen-bond acceptors (Lipinski definition) is 3. The number of benzene rings is 2. The summed E-state index contributed by atoms with van der Waals surface area (Å²) in [6.45, 7) is 2.55. The fourth-order valence-corrected chi connectivity index (χ4v) is 5.33. The third kappa shape index (κ3) is 4.40. The monoisotopic (exact) mass is 371 g/mol. The van der Waals surface area contributed by atoms with Crippen LogP contribution in [0.15, 0.2) is 65.6 Å². The smallest absolute Gasteiger partial charge is 0.243 e. The summed E-state index contributed by atoms with van der Waals surface area (Å²) in [7, 11) is -3.49. The first-order chi connectivity index (χ1) is 12.5. The zero-order chi connectivity index (χ0) is 18.6. The summed E-state index contributed by atoms with van der Waals surface area (Å²) in [5, 5.41) is 0. The van der Waals surface area contributed by atoms with Gasteiger partial charge in [0.25, 0.3) is 0 Å². The number of nitrogens with zero attached hydrogens (tertiary/aromatic N) is 1. The first kappa shape index (κ1) is 18.8. The quantitative estimate of drug-likeness (QED) is 0.780. The van der Waals surface area contributed by atoms with E-state index in [1.807, 2.05) is 24.3 Å². The van der Waals surface area contributed by atoms with Crippen molar-refractivity contribution >= 4 is 15.8 Å². The molecule has 0 saturated carbocycles. The van der Waals surface area contributed by atoms with Gasteiger partial charge in [0.2, 0.25) is 10.0 Å². The molecule has 2 aromatic carbocycles. The largest absolute Gasteiger partial charge is 0.300 e. The Kier molecular flexibility index (Phi) is 5.89. The van der Waals surface area contributed by atoms with Crippen LogP contribution in [0.4, 0.5) is 0 Å². The van der Waals surface area contributed by atoms with Crippen LogP contribution in [-0.2, 0) is 21.2 Å². The molecule has 0 N–H and O–H groups in total. The van der Waals surface area contributed by atoms with E-state index in [0.29, 0.717) is 24.4 Å². The average molecular weight is 372 g/mol. The fraction of sp³-hybridized carbons (Fsp3) is 0.381. The number of carbonyl (C=O) groups is 1. The Bertz CT molecular complexity index is 834. The van der Waals surface area contributed by atoms with Crippen LogP contribution < -0.4 is 0 Å². The van der Waals surface area contributed by atoms with Crippen molar-refractivity contribution in [2.24, 2.45) is 11.8 Å². The fourth-order valence-electron chi connectivity index (χ4n) is 3.79. The lowest BCUT2D eigenvalue weighted by atomic mass is 9.79. The van der Waals surface area contributed by atoms with Crippen molar-refractivity contribution in [3.63, 3.8) is 0 Å². The molecule has 3 rings (SSSR count). The minimum Gasteiger partial charge on any atom is -0.300 e. The molecule has 1 fully saturated rings. The highest BCUT2D eigenvalue weighted by molar-refractivity contribution is 7.89. The highest BCUT2D eigenvalue weighted by atomic mass is 32.2. The molecule has 1 aliphatic heterocycles. The summed E-state index contributed by atoms with van der Waals surface area (Å²) in [5.41, 5.74) is 1.19. The number of carbonyl (C=O) groups excluding carboxylic acids is 1. The number of piperidine rings is 1. The van der Waals surface area contributed by atoms with Crippen molar-refractivity contribution in [2.45, 2.75) is 31.1 Å². The molecule has 0 radical (unpaired) electrons. The molecule has 2 atom stereocenters. The Morgan fingerprint density at radius 3 is 2.23 bits per heavy atom. The molecule has 0 aromatic heterocycles. The summed E-state index contributed by atoms with van der Waals surface area (Å²) in [4.78, 5) is 12.0.